The number of likely N-dealkylation sites (N-methyl/N-ethyl adjacent to an activating group) is 1. The van der Waals surface area contributed by atoms with Crippen LogP contribution in [-0.2, 0) is 22.6 Å². The molecular weight excluding hydrogens is 298 g/mol. The lowest BCUT2D eigenvalue weighted by Crippen LogP contribution is -2.32. The first kappa shape index (κ1) is 16.8. The number of carbonyl (C=O) groups excluding carboxylic acids is 2. The zero-order chi connectivity index (χ0) is 17.0. The Bertz CT molecular complexity index is 788. The molecule has 0 aliphatic rings. The van der Waals surface area contributed by atoms with Gasteiger partial charge in [-0.05, 0) is 39.0 Å². The van der Waals surface area contributed by atoms with Gasteiger partial charge in [0.15, 0.2) is 0 Å². The molecule has 23 heavy (non-hydrogen) atoms. The number of rotatable bonds is 6. The Morgan fingerprint density at radius 2 is 1.87 bits per heavy atom. The van der Waals surface area contributed by atoms with E-state index >= 15 is 0 Å². The van der Waals surface area contributed by atoms with Crippen molar-refractivity contribution in [2.24, 2.45) is 0 Å². The van der Waals surface area contributed by atoms with Gasteiger partial charge in [-0.25, -0.2) is 9.59 Å². The van der Waals surface area contributed by atoms with Crippen LogP contribution in [0, 0.1) is 0 Å². The molecule has 7 heteroatoms. The van der Waals surface area contributed by atoms with Crippen molar-refractivity contribution in [2.45, 2.75) is 33.9 Å². The van der Waals surface area contributed by atoms with E-state index in [1.807, 2.05) is 13.8 Å². The summed E-state index contributed by atoms with van der Waals surface area (Å²) >= 11 is 0. The monoisotopic (exact) mass is 319 g/mol. The molecule has 1 amide bonds. The normalized spacial score (nSPS) is 10.7. The third-order valence-corrected chi connectivity index (χ3v) is 3.52. The Morgan fingerprint density at radius 1 is 1.13 bits per heavy atom. The number of hydrogen-bond donors (Lipinski definition) is 1. The first-order valence-corrected chi connectivity index (χ1v) is 7.70. The summed E-state index contributed by atoms with van der Waals surface area (Å²) in [5, 5.41) is 2.67. The van der Waals surface area contributed by atoms with E-state index in [9.17, 15) is 14.4 Å². The molecule has 124 valence electrons. The fraction of sp³-hybridized carbons (Fsp3) is 0.438. The number of nitrogens with zero attached hydrogens (tertiary/aromatic N) is 2. The van der Waals surface area contributed by atoms with Gasteiger partial charge in [0.25, 0.3) is 0 Å². The Hall–Kier alpha value is -2.57. The van der Waals surface area contributed by atoms with Gasteiger partial charge in [-0.1, -0.05) is 0 Å². The quantitative estimate of drug-likeness (QED) is 0.809. The number of nitrogens with one attached hydrogen (secondary N) is 1. The number of fused-ring (bicyclic) bond motifs is 1. The average Bonchev–Trinajstić information content (AvgIpc) is 2.79. The smallest absolute Gasteiger partial charge is 0.338 e. The van der Waals surface area contributed by atoms with Crippen LogP contribution in [0.25, 0.3) is 11.0 Å². The Morgan fingerprint density at radius 3 is 2.48 bits per heavy atom. The minimum absolute atomic E-state index is 0.0809. The number of amides is 1. The lowest BCUT2D eigenvalue weighted by atomic mass is 10.2. The Balaban J connectivity index is 2.56. The molecule has 1 aromatic heterocycles. The van der Waals surface area contributed by atoms with Crippen LogP contribution in [0.2, 0.25) is 0 Å². The summed E-state index contributed by atoms with van der Waals surface area (Å²) in [6.45, 7) is 6.58. The van der Waals surface area contributed by atoms with E-state index in [-0.39, 0.29) is 24.7 Å². The molecule has 0 spiro atoms. The molecule has 1 heterocycles. The van der Waals surface area contributed by atoms with Crippen LogP contribution >= 0.6 is 0 Å². The van der Waals surface area contributed by atoms with Gasteiger partial charge in [-0.3, -0.25) is 13.9 Å². The highest BCUT2D eigenvalue weighted by Crippen LogP contribution is 2.16. The lowest BCUT2D eigenvalue weighted by Gasteiger charge is -2.05. The average molecular weight is 319 g/mol. The SMILES string of the molecule is CCNC(=O)Cn1c(=O)n(CC)c2ccc(C(=O)OCC)cc21. The predicted molar refractivity (Wildman–Crippen MR) is 86.5 cm³/mol. The highest BCUT2D eigenvalue weighted by Gasteiger charge is 2.17. The third kappa shape index (κ3) is 3.28. The van der Waals surface area contributed by atoms with Crippen molar-refractivity contribution in [3.05, 3.63) is 34.2 Å². The lowest BCUT2D eigenvalue weighted by molar-refractivity contribution is -0.121. The fourth-order valence-electron chi connectivity index (χ4n) is 2.52. The molecular formula is C16H21N3O4. The summed E-state index contributed by atoms with van der Waals surface area (Å²) in [6.07, 6.45) is 0. The van der Waals surface area contributed by atoms with Crippen molar-refractivity contribution >= 4 is 22.9 Å². The van der Waals surface area contributed by atoms with Crippen LogP contribution in [0.4, 0.5) is 0 Å². The molecule has 0 saturated carbocycles. The first-order valence-electron chi connectivity index (χ1n) is 7.70. The number of benzene rings is 1. The molecule has 0 atom stereocenters. The summed E-state index contributed by atoms with van der Waals surface area (Å²) in [6, 6.07) is 4.93. The molecule has 1 N–H and O–H groups in total. The second-order valence-electron chi connectivity index (χ2n) is 4.99. The van der Waals surface area contributed by atoms with Gasteiger partial charge in [0.05, 0.1) is 23.2 Å². The summed E-state index contributed by atoms with van der Waals surface area (Å²) in [4.78, 5) is 36.2. The summed E-state index contributed by atoms with van der Waals surface area (Å²) < 4.78 is 7.94. The van der Waals surface area contributed by atoms with E-state index in [1.54, 1.807) is 29.7 Å². The van der Waals surface area contributed by atoms with Crippen LogP contribution in [-0.4, -0.2) is 34.2 Å². The third-order valence-electron chi connectivity index (χ3n) is 3.52. The topological polar surface area (TPSA) is 82.3 Å². The highest BCUT2D eigenvalue weighted by molar-refractivity contribution is 5.94. The van der Waals surface area contributed by atoms with Crippen molar-refractivity contribution in [3.63, 3.8) is 0 Å². The highest BCUT2D eigenvalue weighted by atomic mass is 16.5. The molecule has 2 aromatic rings. The van der Waals surface area contributed by atoms with Gasteiger partial charge in [0, 0.05) is 13.1 Å². The number of aromatic nitrogens is 2. The zero-order valence-electron chi connectivity index (χ0n) is 13.6. The molecule has 0 fully saturated rings. The maximum absolute atomic E-state index is 12.5. The summed E-state index contributed by atoms with van der Waals surface area (Å²) in [5.74, 6) is -0.693. The van der Waals surface area contributed by atoms with Crippen molar-refractivity contribution in [1.29, 1.82) is 0 Å². The molecule has 1 aromatic carbocycles. The number of hydrogen-bond acceptors (Lipinski definition) is 4. The van der Waals surface area contributed by atoms with E-state index in [0.29, 0.717) is 29.7 Å². The van der Waals surface area contributed by atoms with E-state index < -0.39 is 5.97 Å². The van der Waals surface area contributed by atoms with Crippen molar-refractivity contribution in [3.8, 4) is 0 Å². The van der Waals surface area contributed by atoms with E-state index in [1.165, 1.54) is 4.57 Å². The van der Waals surface area contributed by atoms with E-state index in [0.717, 1.165) is 0 Å². The Kier molecular flexibility index (Phi) is 5.20. The first-order chi connectivity index (χ1) is 11.0. The minimum Gasteiger partial charge on any atom is -0.462 e. The molecule has 0 aliphatic heterocycles. The summed E-state index contributed by atoms with van der Waals surface area (Å²) in [7, 11) is 0. The van der Waals surface area contributed by atoms with Crippen molar-refractivity contribution < 1.29 is 14.3 Å². The molecule has 2 rings (SSSR count). The molecule has 0 unspecified atom stereocenters. The number of imidazole rings is 1. The second kappa shape index (κ2) is 7.13. The number of esters is 1. The largest absolute Gasteiger partial charge is 0.462 e. The summed E-state index contributed by atoms with van der Waals surface area (Å²) in [5.41, 5.74) is 1.33. The van der Waals surface area contributed by atoms with Gasteiger partial charge in [0.2, 0.25) is 5.91 Å². The van der Waals surface area contributed by atoms with Crippen LogP contribution < -0.4 is 11.0 Å². The molecule has 0 aliphatic carbocycles. The van der Waals surface area contributed by atoms with Gasteiger partial charge >= 0.3 is 11.7 Å². The number of ether oxygens (including phenoxy) is 1. The fourth-order valence-corrected chi connectivity index (χ4v) is 2.52. The second-order valence-corrected chi connectivity index (χ2v) is 4.99. The number of aryl methyl sites for hydroxylation is 1. The van der Waals surface area contributed by atoms with Gasteiger partial charge in [0.1, 0.15) is 6.54 Å². The minimum atomic E-state index is -0.448. The van der Waals surface area contributed by atoms with E-state index in [2.05, 4.69) is 5.32 Å². The predicted octanol–water partition coefficient (Wildman–Crippen LogP) is 1.14. The van der Waals surface area contributed by atoms with Crippen LogP contribution in [0.1, 0.15) is 31.1 Å². The van der Waals surface area contributed by atoms with E-state index in [4.69, 9.17) is 4.74 Å². The molecule has 0 bridgehead atoms. The van der Waals surface area contributed by atoms with Crippen molar-refractivity contribution in [2.75, 3.05) is 13.2 Å². The molecule has 0 saturated heterocycles. The van der Waals surface area contributed by atoms with Crippen LogP contribution in [0.3, 0.4) is 0 Å². The van der Waals surface area contributed by atoms with Crippen molar-refractivity contribution in [1.82, 2.24) is 14.5 Å². The van der Waals surface area contributed by atoms with Crippen LogP contribution in [0.5, 0.6) is 0 Å². The zero-order valence-corrected chi connectivity index (χ0v) is 13.6. The molecule has 7 nitrogen and oxygen atoms in total. The van der Waals surface area contributed by atoms with Crippen LogP contribution in [0.15, 0.2) is 23.0 Å². The van der Waals surface area contributed by atoms with Gasteiger partial charge in [-0.15, -0.1) is 0 Å². The van der Waals surface area contributed by atoms with Gasteiger partial charge < -0.3 is 10.1 Å². The maximum Gasteiger partial charge on any atom is 0.338 e. The maximum atomic E-state index is 12.5. The molecule has 0 radical (unpaired) electrons. The standard InChI is InChI=1S/C16H21N3O4/c1-4-17-14(20)10-19-13-9-11(15(21)23-6-3)7-8-12(13)18(5-2)16(19)22/h7-9H,4-6,10H2,1-3H3,(H,17,20). The number of carbonyl (C=O) groups is 2. The van der Waals surface area contributed by atoms with Gasteiger partial charge in [-0.2, -0.15) is 0 Å². The Labute approximate surface area is 133 Å².